The Balaban J connectivity index is 1.61. The number of hydrogen-bond acceptors (Lipinski definition) is 4. The van der Waals surface area contributed by atoms with Crippen molar-refractivity contribution in [2.24, 2.45) is 0 Å². The van der Waals surface area contributed by atoms with Gasteiger partial charge in [-0.05, 0) is 75.2 Å². The molecule has 0 aliphatic rings. The molecule has 0 aliphatic carbocycles. The van der Waals surface area contributed by atoms with Crippen LogP contribution in [0.2, 0.25) is 10.0 Å². The zero-order valence-corrected chi connectivity index (χ0v) is 21.4. The van der Waals surface area contributed by atoms with E-state index in [1.165, 1.54) is 0 Å². The second kappa shape index (κ2) is 10.9. The van der Waals surface area contributed by atoms with Crippen molar-refractivity contribution in [2.45, 2.75) is 39.7 Å². The molecule has 0 aliphatic heterocycles. The number of anilines is 2. The van der Waals surface area contributed by atoms with Crippen molar-refractivity contribution in [1.82, 2.24) is 0 Å². The molecule has 182 valence electrons. The Morgan fingerprint density at radius 1 is 0.829 bits per heavy atom. The highest BCUT2D eigenvalue weighted by Crippen LogP contribution is 2.25. The van der Waals surface area contributed by atoms with Crippen molar-refractivity contribution in [3.05, 3.63) is 93.0 Å². The SMILES string of the molecule is Cc1ccc(NC(=O)c2ccc(C(=O)Cc3ccc(NC(=O)OC(C)(C)C)c(Cl)c3)cc2)cc1Cl. The van der Waals surface area contributed by atoms with Gasteiger partial charge in [-0.15, -0.1) is 0 Å². The van der Waals surface area contributed by atoms with Crippen LogP contribution in [-0.2, 0) is 11.2 Å². The van der Waals surface area contributed by atoms with E-state index in [1.54, 1.807) is 75.4 Å². The third kappa shape index (κ3) is 7.57. The maximum atomic E-state index is 12.7. The van der Waals surface area contributed by atoms with Crippen LogP contribution < -0.4 is 10.6 Å². The van der Waals surface area contributed by atoms with E-state index in [-0.39, 0.29) is 18.1 Å². The van der Waals surface area contributed by atoms with Gasteiger partial charge in [0, 0.05) is 28.3 Å². The molecule has 35 heavy (non-hydrogen) atoms. The Morgan fingerprint density at radius 2 is 1.49 bits per heavy atom. The van der Waals surface area contributed by atoms with Gasteiger partial charge < -0.3 is 10.1 Å². The quantitative estimate of drug-likeness (QED) is 0.338. The summed E-state index contributed by atoms with van der Waals surface area (Å²) in [6, 6.07) is 16.7. The van der Waals surface area contributed by atoms with Gasteiger partial charge in [-0.2, -0.15) is 0 Å². The van der Waals surface area contributed by atoms with Crippen molar-refractivity contribution in [2.75, 3.05) is 10.6 Å². The predicted octanol–water partition coefficient (Wildman–Crippen LogP) is 7.33. The fraction of sp³-hybridized carbons (Fsp3) is 0.222. The molecule has 8 heteroatoms. The number of halogens is 2. The number of Topliss-reactive ketones (excluding diaryl/α,β-unsaturated/α-hetero) is 1. The normalized spacial score (nSPS) is 11.0. The van der Waals surface area contributed by atoms with Crippen LogP contribution in [0.15, 0.2) is 60.7 Å². The van der Waals surface area contributed by atoms with Crippen LogP contribution in [-0.4, -0.2) is 23.4 Å². The van der Waals surface area contributed by atoms with E-state index in [0.29, 0.717) is 38.1 Å². The first kappa shape index (κ1) is 26.3. The highest BCUT2D eigenvalue weighted by molar-refractivity contribution is 6.33. The molecule has 0 radical (unpaired) electrons. The molecule has 6 nitrogen and oxygen atoms in total. The van der Waals surface area contributed by atoms with E-state index >= 15 is 0 Å². The van der Waals surface area contributed by atoms with Crippen LogP contribution in [0.25, 0.3) is 0 Å². The molecular weight excluding hydrogens is 487 g/mol. The molecule has 0 bridgehead atoms. The van der Waals surface area contributed by atoms with Gasteiger partial charge in [0.25, 0.3) is 5.91 Å². The number of ketones is 1. The Hall–Kier alpha value is -3.35. The van der Waals surface area contributed by atoms with Crippen molar-refractivity contribution in [3.63, 3.8) is 0 Å². The Morgan fingerprint density at radius 3 is 2.09 bits per heavy atom. The number of benzene rings is 3. The third-order valence-electron chi connectivity index (χ3n) is 4.93. The Bertz CT molecular complexity index is 1270. The number of amides is 2. The summed E-state index contributed by atoms with van der Waals surface area (Å²) in [5, 5.41) is 6.25. The van der Waals surface area contributed by atoms with Crippen molar-refractivity contribution in [1.29, 1.82) is 0 Å². The maximum Gasteiger partial charge on any atom is 0.412 e. The van der Waals surface area contributed by atoms with Crippen molar-refractivity contribution >= 4 is 52.4 Å². The molecule has 3 aromatic rings. The van der Waals surface area contributed by atoms with Crippen LogP contribution in [0, 0.1) is 6.92 Å². The van der Waals surface area contributed by atoms with E-state index < -0.39 is 11.7 Å². The van der Waals surface area contributed by atoms with Gasteiger partial charge in [-0.3, -0.25) is 14.9 Å². The van der Waals surface area contributed by atoms with Crippen LogP contribution in [0.5, 0.6) is 0 Å². The Labute approximate surface area is 214 Å². The second-order valence-corrected chi connectivity index (χ2v) is 9.85. The molecular formula is C27H26Cl2N2O4. The molecule has 0 saturated heterocycles. The summed E-state index contributed by atoms with van der Waals surface area (Å²) in [7, 11) is 0. The summed E-state index contributed by atoms with van der Waals surface area (Å²) in [4.78, 5) is 37.2. The topological polar surface area (TPSA) is 84.5 Å². The van der Waals surface area contributed by atoms with E-state index in [0.717, 1.165) is 5.56 Å². The minimum absolute atomic E-state index is 0.111. The third-order valence-corrected chi connectivity index (χ3v) is 5.65. The van der Waals surface area contributed by atoms with Crippen LogP contribution in [0.4, 0.5) is 16.2 Å². The van der Waals surface area contributed by atoms with Gasteiger partial charge in [0.05, 0.1) is 10.7 Å². The average Bonchev–Trinajstić information content (AvgIpc) is 2.77. The lowest BCUT2D eigenvalue weighted by Gasteiger charge is -2.20. The number of carbonyl (C=O) groups excluding carboxylic acids is 3. The standard InChI is InChI=1S/C27H26Cl2N2O4/c1-16-5-11-20(15-21(16)28)30-25(33)19-9-7-18(8-10-19)24(32)14-17-6-12-23(22(29)13-17)31-26(34)35-27(2,3)4/h5-13,15H,14H2,1-4H3,(H,30,33)(H,31,34). The summed E-state index contributed by atoms with van der Waals surface area (Å²) in [6.45, 7) is 7.18. The zero-order chi connectivity index (χ0) is 25.8. The molecule has 0 fully saturated rings. The molecule has 0 saturated carbocycles. The number of aryl methyl sites for hydroxylation is 1. The lowest BCUT2D eigenvalue weighted by Crippen LogP contribution is -2.27. The molecule has 3 aromatic carbocycles. The smallest absolute Gasteiger partial charge is 0.412 e. The average molecular weight is 513 g/mol. The molecule has 0 atom stereocenters. The Kier molecular flexibility index (Phi) is 8.20. The van der Waals surface area contributed by atoms with Gasteiger partial charge in [0.2, 0.25) is 0 Å². The molecule has 0 heterocycles. The van der Waals surface area contributed by atoms with Crippen LogP contribution in [0.1, 0.15) is 52.6 Å². The lowest BCUT2D eigenvalue weighted by molar-refractivity contribution is 0.0635. The summed E-state index contributed by atoms with van der Waals surface area (Å²) < 4.78 is 5.22. The van der Waals surface area contributed by atoms with E-state index in [2.05, 4.69) is 10.6 Å². The first-order valence-corrected chi connectivity index (χ1v) is 11.7. The van der Waals surface area contributed by atoms with Gasteiger partial charge >= 0.3 is 6.09 Å². The fourth-order valence-corrected chi connectivity index (χ4v) is 3.58. The first-order valence-electron chi connectivity index (χ1n) is 10.9. The second-order valence-electron chi connectivity index (χ2n) is 9.04. The molecule has 2 N–H and O–H groups in total. The summed E-state index contributed by atoms with van der Waals surface area (Å²) >= 11 is 12.4. The zero-order valence-electron chi connectivity index (χ0n) is 19.9. The number of carbonyl (C=O) groups is 3. The monoisotopic (exact) mass is 512 g/mol. The first-order chi connectivity index (χ1) is 16.4. The highest BCUT2D eigenvalue weighted by Gasteiger charge is 2.17. The number of ether oxygens (including phenoxy) is 1. The van der Waals surface area contributed by atoms with Gasteiger partial charge in [-0.25, -0.2) is 4.79 Å². The number of rotatable bonds is 6. The molecule has 0 unspecified atom stereocenters. The minimum Gasteiger partial charge on any atom is -0.444 e. The van der Waals surface area contributed by atoms with Crippen LogP contribution >= 0.6 is 23.2 Å². The molecule has 0 spiro atoms. The molecule has 0 aromatic heterocycles. The number of nitrogens with one attached hydrogen (secondary N) is 2. The fourth-order valence-electron chi connectivity index (χ4n) is 3.15. The van der Waals surface area contributed by atoms with Crippen LogP contribution in [0.3, 0.4) is 0 Å². The van der Waals surface area contributed by atoms with E-state index in [4.69, 9.17) is 27.9 Å². The van der Waals surface area contributed by atoms with Crippen molar-refractivity contribution in [3.8, 4) is 0 Å². The predicted molar refractivity (Wildman–Crippen MR) is 140 cm³/mol. The van der Waals surface area contributed by atoms with E-state index in [1.807, 2.05) is 13.0 Å². The van der Waals surface area contributed by atoms with E-state index in [9.17, 15) is 14.4 Å². The lowest BCUT2D eigenvalue weighted by atomic mass is 10.0. The van der Waals surface area contributed by atoms with Crippen molar-refractivity contribution < 1.29 is 19.1 Å². The van der Waals surface area contributed by atoms with Gasteiger partial charge in [-0.1, -0.05) is 47.5 Å². The highest BCUT2D eigenvalue weighted by atomic mass is 35.5. The molecule has 3 rings (SSSR count). The number of hydrogen-bond donors (Lipinski definition) is 2. The largest absolute Gasteiger partial charge is 0.444 e. The molecule has 2 amide bonds. The summed E-state index contributed by atoms with van der Waals surface area (Å²) in [6.07, 6.45) is -0.502. The van der Waals surface area contributed by atoms with Gasteiger partial charge in [0.1, 0.15) is 5.60 Å². The minimum atomic E-state index is -0.631. The van der Waals surface area contributed by atoms with Gasteiger partial charge in [0.15, 0.2) is 5.78 Å². The summed E-state index contributed by atoms with van der Waals surface area (Å²) in [5.41, 5.74) is 2.84. The summed E-state index contributed by atoms with van der Waals surface area (Å²) in [5.74, 6) is -0.435. The maximum absolute atomic E-state index is 12.7.